The number of rotatable bonds is 3. The number of benzene rings is 2. The SMILES string of the molecule is O=S1(=O)C[C@H]2N=C(SCc3ccc(Br)cc3F)N(c3cccc(Cl)c3)[C@H]2C1. The van der Waals surface area contributed by atoms with Crippen LogP contribution in [0.25, 0.3) is 0 Å². The Balaban J connectivity index is 1.63. The first-order valence-corrected chi connectivity index (χ1v) is 12.2. The van der Waals surface area contributed by atoms with Gasteiger partial charge in [-0.3, -0.25) is 4.99 Å². The first-order valence-electron chi connectivity index (χ1n) is 8.22. The van der Waals surface area contributed by atoms with Crippen molar-refractivity contribution in [2.24, 2.45) is 4.99 Å². The quantitative estimate of drug-likeness (QED) is 0.636. The molecule has 0 spiro atoms. The summed E-state index contributed by atoms with van der Waals surface area (Å²) in [7, 11) is -3.11. The standard InChI is InChI=1S/C18H15BrClFN2O2S2/c19-12-5-4-11(15(21)6-12)8-26-18-22-16-9-27(24,25)10-17(16)23(18)14-3-1-2-13(20)7-14/h1-7,16-17H,8-10H2/t16-,17+/m1/s1. The average molecular weight is 490 g/mol. The molecule has 1 saturated heterocycles. The van der Waals surface area contributed by atoms with Crippen LogP contribution in [0.2, 0.25) is 5.02 Å². The van der Waals surface area contributed by atoms with E-state index < -0.39 is 9.84 Å². The lowest BCUT2D eigenvalue weighted by molar-refractivity contribution is 0.601. The third-order valence-electron chi connectivity index (χ3n) is 4.57. The summed E-state index contributed by atoms with van der Waals surface area (Å²) in [6.07, 6.45) is 0. The minimum atomic E-state index is -3.11. The molecule has 0 N–H and O–H groups in total. The molecule has 2 aromatic carbocycles. The number of anilines is 1. The number of halogens is 3. The van der Waals surface area contributed by atoms with Gasteiger partial charge < -0.3 is 4.90 Å². The maximum atomic E-state index is 14.1. The van der Waals surface area contributed by atoms with Crippen LogP contribution in [-0.2, 0) is 15.6 Å². The van der Waals surface area contributed by atoms with E-state index in [1.54, 1.807) is 24.3 Å². The Labute approximate surface area is 174 Å². The van der Waals surface area contributed by atoms with Crippen LogP contribution < -0.4 is 4.90 Å². The zero-order valence-corrected chi connectivity index (χ0v) is 18.0. The minimum absolute atomic E-state index is 0.0471. The minimum Gasteiger partial charge on any atom is -0.315 e. The first kappa shape index (κ1) is 19.2. The fourth-order valence-corrected chi connectivity index (χ4v) is 6.81. The number of thioether (sulfide) groups is 1. The molecule has 9 heteroatoms. The van der Waals surface area contributed by atoms with Crippen LogP contribution in [0.5, 0.6) is 0 Å². The lowest BCUT2D eigenvalue weighted by atomic mass is 10.1. The highest BCUT2D eigenvalue weighted by Gasteiger charge is 2.47. The molecule has 142 valence electrons. The van der Waals surface area contributed by atoms with E-state index in [1.807, 2.05) is 17.0 Å². The number of aliphatic imine (C=N–C) groups is 1. The third-order valence-corrected chi connectivity index (χ3v) is 8.01. The zero-order chi connectivity index (χ0) is 19.2. The molecule has 27 heavy (non-hydrogen) atoms. The number of fused-ring (bicyclic) bond motifs is 1. The van der Waals surface area contributed by atoms with E-state index in [9.17, 15) is 12.8 Å². The van der Waals surface area contributed by atoms with Crippen LogP contribution in [0.1, 0.15) is 5.56 Å². The molecule has 2 heterocycles. The van der Waals surface area contributed by atoms with Crippen LogP contribution in [0, 0.1) is 5.82 Å². The van der Waals surface area contributed by atoms with Crippen molar-refractivity contribution in [2.75, 3.05) is 16.4 Å². The molecule has 1 fully saturated rings. The highest BCUT2D eigenvalue weighted by molar-refractivity contribution is 9.10. The molecule has 2 aromatic rings. The van der Waals surface area contributed by atoms with Crippen molar-refractivity contribution >= 4 is 60.0 Å². The van der Waals surface area contributed by atoms with Crippen molar-refractivity contribution in [2.45, 2.75) is 17.8 Å². The van der Waals surface area contributed by atoms with E-state index in [0.717, 1.165) is 5.69 Å². The molecule has 0 aliphatic carbocycles. The summed E-state index contributed by atoms with van der Waals surface area (Å²) in [6, 6.07) is 11.7. The van der Waals surface area contributed by atoms with E-state index in [4.69, 9.17) is 11.6 Å². The van der Waals surface area contributed by atoms with Gasteiger partial charge in [-0.25, -0.2) is 12.8 Å². The predicted molar refractivity (Wildman–Crippen MR) is 113 cm³/mol. The van der Waals surface area contributed by atoms with Crippen molar-refractivity contribution < 1.29 is 12.8 Å². The lowest BCUT2D eigenvalue weighted by Gasteiger charge is -2.26. The summed E-state index contributed by atoms with van der Waals surface area (Å²) >= 11 is 10.8. The monoisotopic (exact) mass is 488 g/mol. The number of hydrogen-bond donors (Lipinski definition) is 0. The number of sulfone groups is 1. The van der Waals surface area contributed by atoms with Crippen LogP contribution >= 0.6 is 39.3 Å². The fraction of sp³-hybridized carbons (Fsp3) is 0.278. The summed E-state index contributed by atoms with van der Waals surface area (Å²) in [6.45, 7) is 0. The summed E-state index contributed by atoms with van der Waals surface area (Å²) in [5.74, 6) is 0.226. The van der Waals surface area contributed by atoms with Crippen LogP contribution in [0.3, 0.4) is 0 Å². The highest BCUT2D eigenvalue weighted by Crippen LogP contribution is 2.37. The molecule has 4 nitrogen and oxygen atoms in total. The van der Waals surface area contributed by atoms with Crippen molar-refractivity contribution in [3.63, 3.8) is 0 Å². The molecule has 2 aliphatic rings. The van der Waals surface area contributed by atoms with Crippen molar-refractivity contribution in [1.82, 2.24) is 0 Å². The normalized spacial score (nSPS) is 23.4. The largest absolute Gasteiger partial charge is 0.315 e. The molecule has 0 amide bonds. The Bertz CT molecular complexity index is 1030. The van der Waals surface area contributed by atoms with Crippen molar-refractivity contribution in [1.29, 1.82) is 0 Å². The second-order valence-corrected chi connectivity index (χ2v) is 10.9. The topological polar surface area (TPSA) is 49.7 Å². The van der Waals surface area contributed by atoms with Crippen LogP contribution in [0.4, 0.5) is 10.1 Å². The van der Waals surface area contributed by atoms with Gasteiger partial charge in [0.25, 0.3) is 0 Å². The smallest absolute Gasteiger partial charge is 0.164 e. The third kappa shape index (κ3) is 4.04. The second-order valence-electron chi connectivity index (χ2n) is 6.50. The molecular formula is C18H15BrClFN2O2S2. The number of amidine groups is 1. The Morgan fingerprint density at radius 3 is 2.81 bits per heavy atom. The van der Waals surface area contributed by atoms with Gasteiger partial charge in [0, 0.05) is 20.9 Å². The Kier molecular flexibility index (Phi) is 5.26. The van der Waals surface area contributed by atoms with Gasteiger partial charge in [0.1, 0.15) is 5.82 Å². The zero-order valence-electron chi connectivity index (χ0n) is 14.0. The molecule has 0 bridgehead atoms. The molecule has 0 aromatic heterocycles. The Morgan fingerprint density at radius 1 is 1.26 bits per heavy atom. The molecular weight excluding hydrogens is 475 g/mol. The summed E-state index contributed by atoms with van der Waals surface area (Å²) < 4.78 is 39.0. The maximum absolute atomic E-state index is 14.1. The van der Waals surface area contributed by atoms with Crippen molar-refractivity contribution in [3.05, 3.63) is 63.3 Å². The molecule has 4 rings (SSSR count). The molecule has 0 radical (unpaired) electrons. The van der Waals surface area contributed by atoms with E-state index >= 15 is 0 Å². The molecule has 0 saturated carbocycles. The van der Waals surface area contributed by atoms with Gasteiger partial charge in [0.05, 0.1) is 23.6 Å². The van der Waals surface area contributed by atoms with E-state index in [-0.39, 0.29) is 29.4 Å². The van der Waals surface area contributed by atoms with E-state index in [0.29, 0.717) is 26.0 Å². The lowest BCUT2D eigenvalue weighted by Crippen LogP contribution is -2.39. The Morgan fingerprint density at radius 2 is 2.07 bits per heavy atom. The van der Waals surface area contributed by atoms with Crippen LogP contribution in [0.15, 0.2) is 51.9 Å². The van der Waals surface area contributed by atoms with Gasteiger partial charge in [0.15, 0.2) is 15.0 Å². The first-order chi connectivity index (χ1) is 12.8. The summed E-state index contributed by atoms with van der Waals surface area (Å²) in [5.41, 5.74) is 1.37. The van der Waals surface area contributed by atoms with Gasteiger partial charge in [-0.05, 0) is 35.9 Å². The van der Waals surface area contributed by atoms with Gasteiger partial charge in [0.2, 0.25) is 0 Å². The molecule has 0 unspecified atom stereocenters. The fourth-order valence-electron chi connectivity index (χ4n) is 3.34. The van der Waals surface area contributed by atoms with Gasteiger partial charge >= 0.3 is 0 Å². The van der Waals surface area contributed by atoms with Crippen LogP contribution in [-0.4, -0.2) is 37.2 Å². The van der Waals surface area contributed by atoms with E-state index in [1.165, 1.54) is 17.8 Å². The highest BCUT2D eigenvalue weighted by atomic mass is 79.9. The average Bonchev–Trinajstić information content (AvgIpc) is 3.05. The van der Waals surface area contributed by atoms with Gasteiger partial charge in [-0.15, -0.1) is 0 Å². The van der Waals surface area contributed by atoms with Gasteiger partial charge in [-0.1, -0.05) is 51.4 Å². The Hall–Kier alpha value is -1.09. The predicted octanol–water partition coefficient (Wildman–Crippen LogP) is 4.52. The summed E-state index contributed by atoms with van der Waals surface area (Å²) in [5, 5.41) is 1.27. The second kappa shape index (κ2) is 7.39. The van der Waals surface area contributed by atoms with Crippen molar-refractivity contribution in [3.8, 4) is 0 Å². The maximum Gasteiger partial charge on any atom is 0.164 e. The molecule has 2 atom stereocenters. The number of hydrogen-bond acceptors (Lipinski definition) is 5. The molecule has 2 aliphatic heterocycles. The van der Waals surface area contributed by atoms with Gasteiger partial charge in [-0.2, -0.15) is 0 Å². The number of nitrogens with zero attached hydrogens (tertiary/aromatic N) is 2. The van der Waals surface area contributed by atoms with E-state index in [2.05, 4.69) is 20.9 Å². The summed E-state index contributed by atoms with van der Waals surface area (Å²) in [4.78, 5) is 6.58.